The molecule has 10 atom stereocenters. The Hall–Kier alpha value is -1.69. The maximum Gasteiger partial charge on any atom is 0.306 e. The third-order valence-electron chi connectivity index (χ3n) is 14.5. The van der Waals surface area contributed by atoms with E-state index in [9.17, 15) is 20.1 Å². The Morgan fingerprint density at radius 3 is 2.22 bits per heavy atom. The van der Waals surface area contributed by atoms with E-state index in [4.69, 9.17) is 4.74 Å². The number of esters is 1. The number of aliphatic hydroxyl groups excluding tert-OH is 1. The van der Waals surface area contributed by atoms with E-state index in [0.717, 1.165) is 56.9 Å². The average molecular weight is 709 g/mol. The summed E-state index contributed by atoms with van der Waals surface area (Å²) in [5.41, 5.74) is -2.64. The van der Waals surface area contributed by atoms with Crippen LogP contribution in [0.2, 0.25) is 0 Å². The van der Waals surface area contributed by atoms with Crippen molar-refractivity contribution in [2.45, 2.75) is 194 Å². The fourth-order valence-corrected chi connectivity index (χ4v) is 10.5. The van der Waals surface area contributed by atoms with Crippen molar-refractivity contribution in [3.8, 4) is 0 Å². The molecule has 0 unspecified atom stereocenters. The number of carbonyl (C=O) groups excluding carboxylic acids is 1. The second-order valence-corrected chi connectivity index (χ2v) is 18.1. The zero-order valence-electron chi connectivity index (χ0n) is 33.7. The molecular weight excluding hydrogens is 633 g/mol. The van der Waals surface area contributed by atoms with Crippen molar-refractivity contribution in [2.24, 2.45) is 40.4 Å². The van der Waals surface area contributed by atoms with Gasteiger partial charge in [-0.25, -0.2) is 0 Å². The van der Waals surface area contributed by atoms with Crippen LogP contribution in [0.4, 0.5) is 0 Å². The van der Waals surface area contributed by atoms with E-state index >= 15 is 0 Å². The van der Waals surface area contributed by atoms with Gasteiger partial charge in [-0.2, -0.15) is 0 Å². The van der Waals surface area contributed by atoms with Crippen molar-refractivity contribution in [1.29, 1.82) is 0 Å². The minimum Gasteiger partial charge on any atom is -0.462 e. The third kappa shape index (κ3) is 9.34. The minimum atomic E-state index is -1.55. The molecule has 5 heteroatoms. The summed E-state index contributed by atoms with van der Waals surface area (Å²) in [6.07, 6.45) is 32.0. The second kappa shape index (κ2) is 18.6. The molecule has 3 fully saturated rings. The Balaban J connectivity index is 1.25. The summed E-state index contributed by atoms with van der Waals surface area (Å²) in [5.74, 6) is 2.10. The molecule has 0 amide bonds. The Labute approximate surface area is 312 Å². The summed E-state index contributed by atoms with van der Waals surface area (Å²) in [6, 6.07) is 0. The smallest absolute Gasteiger partial charge is 0.306 e. The normalized spacial score (nSPS) is 36.3. The zero-order chi connectivity index (χ0) is 37.3. The number of carbonyl (C=O) groups is 1. The van der Waals surface area contributed by atoms with Crippen LogP contribution < -0.4 is 0 Å². The summed E-state index contributed by atoms with van der Waals surface area (Å²) >= 11 is 0. The van der Waals surface area contributed by atoms with Crippen LogP contribution in [0, 0.1) is 40.4 Å². The first kappa shape index (κ1) is 42.1. The van der Waals surface area contributed by atoms with E-state index in [-0.39, 0.29) is 23.7 Å². The molecule has 0 aromatic heterocycles. The highest BCUT2D eigenvalue weighted by Crippen LogP contribution is 2.69. The minimum absolute atomic E-state index is 0.0446. The highest BCUT2D eigenvalue weighted by Gasteiger charge is 2.71. The number of fused-ring (bicyclic) bond motifs is 5. The zero-order valence-corrected chi connectivity index (χ0v) is 33.7. The topological polar surface area (TPSA) is 87.0 Å². The summed E-state index contributed by atoms with van der Waals surface area (Å²) in [6.45, 7) is 15.8. The van der Waals surface area contributed by atoms with Crippen LogP contribution in [-0.4, -0.2) is 44.7 Å². The van der Waals surface area contributed by atoms with E-state index in [1.807, 2.05) is 13.0 Å². The van der Waals surface area contributed by atoms with Gasteiger partial charge in [0.05, 0.1) is 5.60 Å². The van der Waals surface area contributed by atoms with Gasteiger partial charge in [-0.05, 0) is 118 Å². The molecule has 290 valence electrons. The number of allylic oxidation sites excluding steroid dienone is 6. The summed E-state index contributed by atoms with van der Waals surface area (Å²) < 4.78 is 5.93. The van der Waals surface area contributed by atoms with E-state index in [1.54, 1.807) is 0 Å². The van der Waals surface area contributed by atoms with Gasteiger partial charge in [-0.1, -0.05) is 123 Å². The fraction of sp³-hybridized carbons (Fsp3) is 0.804. The SMILES string of the molecule is CCCCCC=CCC=CCCCCCCCC(=O)O[C@H]1CC[C@]2(C)[C@@]3(O)CC[C@]4(C)[C@@H]([C@H](C)/C=C\[C@H](C)C(C)C)CC[C@H]4C3=C[C@H](O)[C@@]2(O)C1. The standard InChI is InChI=1S/C46H76O5/c1-8-9-10-11-12-13-14-15-16-17-18-19-20-21-22-23-42(48)51-37-28-29-44(7)45(49)31-30-43(6)38(36(5)25-24-35(4)34(2)3)26-27-39(43)40(45)32-41(47)46(44,50)33-37/h12-13,15-16,24-25,32,34-39,41,47,49-50H,8-11,14,17-23,26-31,33H2,1-7H3/b13-12?,16-15?,25-24-/t35-,36+,37-,38+,39-,41-,43+,44+,45+,46-/m0/s1. The summed E-state index contributed by atoms with van der Waals surface area (Å²) in [4.78, 5) is 12.9. The third-order valence-corrected chi connectivity index (χ3v) is 14.5. The quantitative estimate of drug-likeness (QED) is 0.0706. The number of unbranched alkanes of at least 4 members (excludes halogenated alkanes) is 8. The van der Waals surface area contributed by atoms with Gasteiger partial charge in [-0.15, -0.1) is 0 Å². The molecule has 0 heterocycles. The van der Waals surface area contributed by atoms with E-state index in [0.29, 0.717) is 49.4 Å². The van der Waals surface area contributed by atoms with Crippen LogP contribution in [0.5, 0.6) is 0 Å². The van der Waals surface area contributed by atoms with Gasteiger partial charge in [0.25, 0.3) is 0 Å². The lowest BCUT2D eigenvalue weighted by Gasteiger charge is -2.65. The predicted octanol–water partition coefficient (Wildman–Crippen LogP) is 11.0. The number of hydrogen-bond donors (Lipinski definition) is 3. The van der Waals surface area contributed by atoms with Gasteiger partial charge >= 0.3 is 5.97 Å². The van der Waals surface area contributed by atoms with Crippen molar-refractivity contribution < 1.29 is 24.9 Å². The Morgan fingerprint density at radius 2 is 1.53 bits per heavy atom. The van der Waals surface area contributed by atoms with Crippen LogP contribution >= 0.6 is 0 Å². The van der Waals surface area contributed by atoms with Crippen LogP contribution in [-0.2, 0) is 9.53 Å². The van der Waals surface area contributed by atoms with Gasteiger partial charge < -0.3 is 20.1 Å². The van der Waals surface area contributed by atoms with Crippen molar-refractivity contribution >= 4 is 5.97 Å². The molecule has 51 heavy (non-hydrogen) atoms. The molecule has 0 aromatic rings. The van der Waals surface area contributed by atoms with Crippen LogP contribution in [0.3, 0.4) is 0 Å². The fourth-order valence-electron chi connectivity index (χ4n) is 10.5. The molecule has 0 saturated heterocycles. The van der Waals surface area contributed by atoms with Crippen molar-refractivity contribution in [3.05, 3.63) is 48.1 Å². The molecular formula is C46H76O5. The number of hydrogen-bond acceptors (Lipinski definition) is 5. The maximum absolute atomic E-state index is 12.9. The second-order valence-electron chi connectivity index (χ2n) is 18.1. The summed E-state index contributed by atoms with van der Waals surface area (Å²) in [7, 11) is 0. The number of rotatable bonds is 19. The van der Waals surface area contributed by atoms with Gasteiger partial charge in [0.1, 0.15) is 17.8 Å². The summed E-state index contributed by atoms with van der Waals surface area (Å²) in [5, 5.41) is 36.6. The predicted molar refractivity (Wildman–Crippen MR) is 211 cm³/mol. The first-order valence-corrected chi connectivity index (χ1v) is 21.3. The monoisotopic (exact) mass is 709 g/mol. The van der Waals surface area contributed by atoms with Gasteiger partial charge in [0.15, 0.2) is 0 Å². The molecule has 0 radical (unpaired) electrons. The average Bonchev–Trinajstić information content (AvgIpc) is 3.44. The largest absolute Gasteiger partial charge is 0.462 e. The lowest BCUT2D eigenvalue weighted by Crippen LogP contribution is -2.72. The van der Waals surface area contributed by atoms with Gasteiger partial charge in [0.2, 0.25) is 0 Å². The van der Waals surface area contributed by atoms with Crippen LogP contribution in [0.25, 0.3) is 0 Å². The molecule has 0 aromatic carbocycles. The lowest BCUT2D eigenvalue weighted by atomic mass is 9.43. The molecule has 4 rings (SSSR count). The molecule has 4 aliphatic rings. The van der Waals surface area contributed by atoms with E-state index in [1.165, 1.54) is 38.5 Å². The Morgan fingerprint density at radius 1 is 0.863 bits per heavy atom. The molecule has 3 saturated carbocycles. The Kier molecular flexibility index (Phi) is 15.3. The molecule has 3 N–H and O–H groups in total. The van der Waals surface area contributed by atoms with Crippen molar-refractivity contribution in [3.63, 3.8) is 0 Å². The lowest BCUT2D eigenvalue weighted by molar-refractivity contribution is -0.260. The van der Waals surface area contributed by atoms with Crippen LogP contribution in [0.1, 0.15) is 170 Å². The number of ether oxygens (including phenoxy) is 1. The van der Waals surface area contributed by atoms with Gasteiger partial charge in [0, 0.05) is 18.3 Å². The molecule has 4 aliphatic carbocycles. The molecule has 0 aliphatic heterocycles. The van der Waals surface area contributed by atoms with E-state index < -0.39 is 28.8 Å². The highest BCUT2D eigenvalue weighted by atomic mass is 16.5. The first-order chi connectivity index (χ1) is 24.2. The van der Waals surface area contributed by atoms with Crippen molar-refractivity contribution in [1.82, 2.24) is 0 Å². The van der Waals surface area contributed by atoms with Crippen LogP contribution in [0.15, 0.2) is 48.1 Å². The highest BCUT2D eigenvalue weighted by molar-refractivity contribution is 5.69. The van der Waals surface area contributed by atoms with E-state index in [2.05, 4.69) is 78.0 Å². The first-order valence-electron chi connectivity index (χ1n) is 21.3. The maximum atomic E-state index is 12.9. The van der Waals surface area contributed by atoms with Crippen molar-refractivity contribution in [2.75, 3.05) is 0 Å². The number of aliphatic hydroxyl groups is 3. The molecule has 5 nitrogen and oxygen atoms in total. The van der Waals surface area contributed by atoms with Gasteiger partial charge in [-0.3, -0.25) is 4.79 Å². The Bertz CT molecular complexity index is 1230. The molecule has 0 bridgehead atoms. The molecule has 0 spiro atoms.